The van der Waals surface area contributed by atoms with Crippen molar-refractivity contribution in [3.05, 3.63) is 59.8 Å². The number of hydrogen-bond acceptors (Lipinski definition) is 9. The molecule has 176 valence electrons. The molecular weight excluding hydrogens is 447 g/mol. The topological polar surface area (TPSA) is 184 Å². The number of rotatable bonds is 5. The smallest absolute Gasteiger partial charge is 0.411 e. The molecule has 0 aliphatic carbocycles. The Bertz CT molecular complexity index is 1300. The summed E-state index contributed by atoms with van der Waals surface area (Å²) in [6.45, 7) is 1.60. The third-order valence-electron chi connectivity index (χ3n) is 4.46. The summed E-state index contributed by atoms with van der Waals surface area (Å²) < 4.78 is 20.6. The van der Waals surface area contributed by atoms with Gasteiger partial charge in [0.15, 0.2) is 17.5 Å². The quantitative estimate of drug-likeness (QED) is 0.317. The number of carbonyl (C=O) groups excluding carboxylic acids is 1. The number of aromatic nitrogens is 5. The zero-order valence-electron chi connectivity index (χ0n) is 18.0. The second kappa shape index (κ2) is 10.7. The lowest BCUT2D eigenvalue weighted by atomic mass is 10.1. The van der Waals surface area contributed by atoms with E-state index in [0.717, 1.165) is 0 Å². The number of carboxylic acid groups (broad SMARTS) is 1. The molecule has 4 aromatic rings. The first kappa shape index (κ1) is 23.8. The number of benzene rings is 1. The number of halogens is 1. The van der Waals surface area contributed by atoms with E-state index in [1.807, 2.05) is 0 Å². The van der Waals surface area contributed by atoms with Crippen molar-refractivity contribution in [3.63, 3.8) is 0 Å². The van der Waals surface area contributed by atoms with Crippen LogP contribution in [0.25, 0.3) is 17.0 Å². The Kier molecular flexibility index (Phi) is 7.48. The van der Waals surface area contributed by atoms with Gasteiger partial charge in [0, 0.05) is 12.6 Å². The minimum Gasteiger partial charge on any atom is -0.483 e. The van der Waals surface area contributed by atoms with E-state index in [2.05, 4.69) is 25.4 Å². The van der Waals surface area contributed by atoms with E-state index in [1.165, 1.54) is 6.07 Å². The maximum atomic E-state index is 14.2. The van der Waals surface area contributed by atoms with Crippen molar-refractivity contribution in [1.29, 1.82) is 0 Å². The Balaban J connectivity index is 0.00000103. The van der Waals surface area contributed by atoms with Crippen LogP contribution in [-0.2, 0) is 16.0 Å². The van der Waals surface area contributed by atoms with E-state index in [-0.39, 0.29) is 48.5 Å². The monoisotopic (exact) mass is 468 g/mol. The maximum absolute atomic E-state index is 14.2. The van der Waals surface area contributed by atoms with E-state index in [1.54, 1.807) is 48.0 Å². The van der Waals surface area contributed by atoms with Crippen LogP contribution in [0.1, 0.15) is 18.3 Å². The molecule has 3 heterocycles. The van der Waals surface area contributed by atoms with Gasteiger partial charge in [-0.3, -0.25) is 10.1 Å². The highest BCUT2D eigenvalue weighted by atomic mass is 19.1. The number of amides is 1. The van der Waals surface area contributed by atoms with Gasteiger partial charge in [-0.05, 0) is 30.7 Å². The lowest BCUT2D eigenvalue weighted by Gasteiger charge is -2.10. The molecule has 0 unspecified atom stereocenters. The number of hydrogen-bond donors (Lipinski definition) is 4. The Labute approximate surface area is 192 Å². The highest BCUT2D eigenvalue weighted by molar-refractivity contribution is 5.93. The van der Waals surface area contributed by atoms with Crippen LogP contribution in [0.15, 0.2) is 42.6 Å². The second-order valence-electron chi connectivity index (χ2n) is 6.61. The van der Waals surface area contributed by atoms with Gasteiger partial charge in [0.25, 0.3) is 6.47 Å². The fourth-order valence-corrected chi connectivity index (χ4v) is 3.08. The molecule has 6 N–H and O–H groups in total. The Morgan fingerprint density at radius 1 is 1.18 bits per heavy atom. The molecule has 13 heteroatoms. The average Bonchev–Trinajstić information content (AvgIpc) is 3.17. The van der Waals surface area contributed by atoms with Gasteiger partial charge in [-0.1, -0.05) is 18.2 Å². The van der Waals surface area contributed by atoms with Crippen molar-refractivity contribution in [1.82, 2.24) is 24.6 Å². The third kappa shape index (κ3) is 5.15. The summed E-state index contributed by atoms with van der Waals surface area (Å²) in [5, 5.41) is 13.6. The zero-order valence-corrected chi connectivity index (χ0v) is 18.0. The fourth-order valence-electron chi connectivity index (χ4n) is 3.08. The van der Waals surface area contributed by atoms with E-state index in [0.29, 0.717) is 22.6 Å². The molecule has 1 amide bonds. The van der Waals surface area contributed by atoms with E-state index >= 15 is 0 Å². The van der Waals surface area contributed by atoms with Crippen molar-refractivity contribution >= 4 is 35.4 Å². The zero-order chi connectivity index (χ0) is 24.7. The largest absolute Gasteiger partial charge is 0.483 e. The minimum atomic E-state index is -0.721. The standard InChI is InChI=1S/C20H19FN8O2.CH2O2/c1-2-31-20(30)26-16-17(22)27-19(28-18(16)23)15-13-8-5-9-24-29(13)14(25-15)10-11-6-3-4-7-12(11)21;2-1-3/h3-9H,2,10H2,1H3,(H,26,30)(H4,22,23,27,28);1H,(H,2,3). The highest BCUT2D eigenvalue weighted by Gasteiger charge is 2.20. The number of anilines is 3. The maximum Gasteiger partial charge on any atom is 0.411 e. The Hall–Kier alpha value is -4.81. The molecule has 0 radical (unpaired) electrons. The predicted molar refractivity (Wildman–Crippen MR) is 121 cm³/mol. The number of fused-ring (bicyclic) bond motifs is 1. The van der Waals surface area contributed by atoms with Crippen LogP contribution in [-0.4, -0.2) is 48.8 Å². The van der Waals surface area contributed by atoms with Gasteiger partial charge < -0.3 is 21.3 Å². The van der Waals surface area contributed by atoms with Crippen LogP contribution >= 0.6 is 0 Å². The number of imidazole rings is 1. The van der Waals surface area contributed by atoms with Gasteiger partial charge in [-0.15, -0.1) is 0 Å². The first-order chi connectivity index (χ1) is 16.4. The number of nitrogens with two attached hydrogens (primary N) is 2. The van der Waals surface area contributed by atoms with Crippen LogP contribution in [0.3, 0.4) is 0 Å². The molecule has 0 fully saturated rings. The molecule has 0 aliphatic heterocycles. The van der Waals surface area contributed by atoms with Gasteiger partial charge in [0.1, 0.15) is 23.0 Å². The number of nitrogen functional groups attached to an aromatic ring is 2. The molecule has 0 bridgehead atoms. The molecule has 0 spiro atoms. The molecule has 0 aliphatic rings. The average molecular weight is 468 g/mol. The van der Waals surface area contributed by atoms with Crippen molar-refractivity contribution in [2.24, 2.45) is 0 Å². The Morgan fingerprint density at radius 3 is 2.50 bits per heavy atom. The second-order valence-corrected chi connectivity index (χ2v) is 6.61. The molecule has 1 aromatic carbocycles. The SMILES string of the molecule is CCOC(=O)Nc1c(N)nc(-c2nc(Cc3ccccc3F)n3ncccc23)nc1N.O=CO. The van der Waals surface area contributed by atoms with E-state index < -0.39 is 6.09 Å². The van der Waals surface area contributed by atoms with Crippen molar-refractivity contribution in [2.45, 2.75) is 13.3 Å². The van der Waals surface area contributed by atoms with Crippen molar-refractivity contribution < 1.29 is 23.8 Å². The van der Waals surface area contributed by atoms with E-state index in [9.17, 15) is 9.18 Å². The van der Waals surface area contributed by atoms with Crippen molar-refractivity contribution in [2.75, 3.05) is 23.4 Å². The van der Waals surface area contributed by atoms with Crippen molar-refractivity contribution in [3.8, 4) is 11.5 Å². The van der Waals surface area contributed by atoms with Gasteiger partial charge in [0.05, 0.1) is 12.1 Å². The Morgan fingerprint density at radius 2 is 1.85 bits per heavy atom. The summed E-state index contributed by atoms with van der Waals surface area (Å²) in [5.74, 6) is 0.211. The molecular formula is C21H21FN8O4. The van der Waals surface area contributed by atoms with Gasteiger partial charge >= 0.3 is 6.09 Å². The van der Waals surface area contributed by atoms with Crippen LogP contribution in [0.5, 0.6) is 0 Å². The minimum absolute atomic E-state index is 0.0451. The van der Waals surface area contributed by atoms with Crippen LogP contribution in [0, 0.1) is 5.82 Å². The normalized spacial score (nSPS) is 10.3. The molecule has 34 heavy (non-hydrogen) atoms. The van der Waals surface area contributed by atoms with Gasteiger partial charge in [-0.2, -0.15) is 5.10 Å². The first-order valence-corrected chi connectivity index (χ1v) is 9.90. The molecule has 0 saturated carbocycles. The third-order valence-corrected chi connectivity index (χ3v) is 4.46. The summed E-state index contributed by atoms with van der Waals surface area (Å²) in [6, 6.07) is 9.96. The molecule has 12 nitrogen and oxygen atoms in total. The summed E-state index contributed by atoms with van der Waals surface area (Å²) in [4.78, 5) is 33.1. The summed E-state index contributed by atoms with van der Waals surface area (Å²) in [5.41, 5.74) is 13.5. The lowest BCUT2D eigenvalue weighted by molar-refractivity contribution is -0.122. The summed E-state index contributed by atoms with van der Waals surface area (Å²) in [7, 11) is 0. The first-order valence-electron chi connectivity index (χ1n) is 9.90. The molecule has 0 saturated heterocycles. The summed E-state index contributed by atoms with van der Waals surface area (Å²) in [6.07, 6.45) is 1.08. The van der Waals surface area contributed by atoms with Gasteiger partial charge in [-0.25, -0.2) is 28.7 Å². The number of nitrogens with one attached hydrogen (secondary N) is 1. The number of nitrogens with zero attached hydrogens (tertiary/aromatic N) is 5. The molecule has 4 rings (SSSR count). The lowest BCUT2D eigenvalue weighted by Crippen LogP contribution is -2.17. The number of carbonyl (C=O) groups is 2. The van der Waals surface area contributed by atoms with E-state index in [4.69, 9.17) is 26.1 Å². The number of ether oxygens (including phenoxy) is 1. The van der Waals surface area contributed by atoms with Crippen LogP contribution < -0.4 is 16.8 Å². The van der Waals surface area contributed by atoms with Gasteiger partial charge in [0.2, 0.25) is 0 Å². The van der Waals surface area contributed by atoms with Crippen LogP contribution in [0.4, 0.5) is 26.5 Å². The predicted octanol–water partition coefficient (Wildman–Crippen LogP) is 2.35. The molecule has 0 atom stereocenters. The highest BCUT2D eigenvalue weighted by Crippen LogP contribution is 2.29. The van der Waals surface area contributed by atoms with Crippen LogP contribution in [0.2, 0.25) is 0 Å². The fraction of sp³-hybridized carbons (Fsp3) is 0.143. The summed E-state index contributed by atoms with van der Waals surface area (Å²) >= 11 is 0. The molecule has 3 aromatic heterocycles.